The van der Waals surface area contributed by atoms with Crippen LogP contribution in [0.5, 0.6) is 0 Å². The van der Waals surface area contributed by atoms with Gasteiger partial charge in [-0.25, -0.2) is 8.42 Å². The van der Waals surface area contributed by atoms with E-state index in [0.717, 1.165) is 6.26 Å². The predicted octanol–water partition coefficient (Wildman–Crippen LogP) is -1.25. The third-order valence-corrected chi connectivity index (χ3v) is 4.35. The number of carbonyl (C=O) groups is 1. The van der Waals surface area contributed by atoms with Crippen LogP contribution >= 0.6 is 0 Å². The van der Waals surface area contributed by atoms with Crippen LogP contribution in [0.3, 0.4) is 0 Å². The van der Waals surface area contributed by atoms with E-state index in [-0.39, 0.29) is 0 Å². The monoisotopic (exact) mass is 279 g/mol. The molecule has 1 rings (SSSR count). The average Bonchev–Trinajstić information content (AvgIpc) is 2.13. The summed E-state index contributed by atoms with van der Waals surface area (Å²) >= 11 is 0. The van der Waals surface area contributed by atoms with Crippen molar-refractivity contribution in [1.29, 1.82) is 0 Å². The SMILES string of the molecule is CC(C)(N)[C@@H](C(=O)O)N1CCN(S(C)(=O)=O)CC1. The van der Waals surface area contributed by atoms with Gasteiger partial charge in [0.1, 0.15) is 6.04 Å². The Kier molecular flexibility index (Phi) is 4.37. The van der Waals surface area contributed by atoms with Crippen LogP contribution in [0, 0.1) is 0 Å². The van der Waals surface area contributed by atoms with E-state index in [0.29, 0.717) is 26.2 Å². The summed E-state index contributed by atoms with van der Waals surface area (Å²) in [6, 6.07) is -0.806. The van der Waals surface area contributed by atoms with E-state index >= 15 is 0 Å². The second-order valence-corrected chi connectivity index (χ2v) is 7.24. The van der Waals surface area contributed by atoms with Gasteiger partial charge in [0.05, 0.1) is 6.26 Å². The van der Waals surface area contributed by atoms with Crippen molar-refractivity contribution < 1.29 is 18.3 Å². The number of hydrogen-bond donors (Lipinski definition) is 2. The Morgan fingerprint density at radius 2 is 1.72 bits per heavy atom. The molecule has 0 aromatic heterocycles. The molecule has 0 spiro atoms. The first-order valence-electron chi connectivity index (χ1n) is 5.74. The highest BCUT2D eigenvalue weighted by Crippen LogP contribution is 2.17. The molecule has 0 amide bonds. The summed E-state index contributed by atoms with van der Waals surface area (Å²) in [4.78, 5) is 13.0. The molecule has 0 aliphatic carbocycles. The number of hydrogen-bond acceptors (Lipinski definition) is 5. The van der Waals surface area contributed by atoms with E-state index in [2.05, 4.69) is 0 Å². The Bertz CT molecular complexity index is 407. The summed E-state index contributed by atoms with van der Waals surface area (Å²) < 4.78 is 24.1. The summed E-state index contributed by atoms with van der Waals surface area (Å²) in [6.45, 7) is 4.69. The van der Waals surface area contributed by atoms with E-state index in [9.17, 15) is 18.3 Å². The van der Waals surface area contributed by atoms with Gasteiger partial charge in [0.25, 0.3) is 0 Å². The third kappa shape index (κ3) is 3.64. The van der Waals surface area contributed by atoms with E-state index in [4.69, 9.17) is 5.73 Å². The van der Waals surface area contributed by atoms with Crippen LogP contribution < -0.4 is 5.73 Å². The van der Waals surface area contributed by atoms with Crippen LogP contribution in [-0.4, -0.2) is 72.7 Å². The maximum Gasteiger partial charge on any atom is 0.322 e. The molecule has 0 radical (unpaired) electrons. The number of piperazine rings is 1. The zero-order chi connectivity index (χ0) is 14.1. The van der Waals surface area contributed by atoms with E-state index in [1.54, 1.807) is 18.7 Å². The molecule has 1 aliphatic heterocycles. The third-order valence-electron chi connectivity index (χ3n) is 3.05. The lowest BCUT2D eigenvalue weighted by Gasteiger charge is -2.41. The highest BCUT2D eigenvalue weighted by atomic mass is 32.2. The quantitative estimate of drug-likeness (QED) is 0.666. The molecule has 0 unspecified atom stereocenters. The van der Waals surface area contributed by atoms with Crippen molar-refractivity contribution in [2.75, 3.05) is 32.4 Å². The maximum atomic E-state index is 11.4. The molecule has 18 heavy (non-hydrogen) atoms. The molecule has 0 aromatic rings. The molecule has 7 nitrogen and oxygen atoms in total. The van der Waals surface area contributed by atoms with Gasteiger partial charge in [-0.1, -0.05) is 0 Å². The average molecular weight is 279 g/mol. The topological polar surface area (TPSA) is 104 Å². The van der Waals surface area contributed by atoms with Gasteiger partial charge in [-0.3, -0.25) is 9.69 Å². The fourth-order valence-corrected chi connectivity index (χ4v) is 3.06. The number of carboxylic acid groups (broad SMARTS) is 1. The van der Waals surface area contributed by atoms with Crippen molar-refractivity contribution in [3.8, 4) is 0 Å². The van der Waals surface area contributed by atoms with E-state index in [1.807, 2.05) is 0 Å². The Morgan fingerprint density at radius 3 is 2.00 bits per heavy atom. The standard InChI is InChI=1S/C10H21N3O4S/c1-10(2,11)8(9(14)15)12-4-6-13(7-5-12)18(3,16)17/h8H,4-7,11H2,1-3H3,(H,14,15)/t8-/m1/s1. The first kappa shape index (κ1) is 15.4. The number of carboxylic acids is 1. The van der Waals surface area contributed by atoms with Crippen LogP contribution in [0.25, 0.3) is 0 Å². The maximum absolute atomic E-state index is 11.4. The number of nitrogens with two attached hydrogens (primary N) is 1. The zero-order valence-corrected chi connectivity index (χ0v) is 11.8. The minimum atomic E-state index is -3.20. The molecule has 1 fully saturated rings. The van der Waals surface area contributed by atoms with E-state index < -0.39 is 27.6 Å². The molecule has 106 valence electrons. The lowest BCUT2D eigenvalue weighted by Crippen LogP contribution is -2.63. The van der Waals surface area contributed by atoms with Gasteiger partial charge in [0, 0.05) is 31.7 Å². The second kappa shape index (κ2) is 5.12. The van der Waals surface area contributed by atoms with Crippen molar-refractivity contribution in [1.82, 2.24) is 9.21 Å². The Balaban J connectivity index is 2.75. The number of nitrogens with zero attached hydrogens (tertiary/aromatic N) is 2. The van der Waals surface area contributed by atoms with Crippen molar-refractivity contribution in [2.24, 2.45) is 5.73 Å². The minimum absolute atomic E-state index is 0.304. The lowest BCUT2D eigenvalue weighted by atomic mass is 9.94. The smallest absolute Gasteiger partial charge is 0.322 e. The van der Waals surface area contributed by atoms with Gasteiger partial charge < -0.3 is 10.8 Å². The molecular formula is C10H21N3O4S. The summed E-state index contributed by atoms with van der Waals surface area (Å²) in [5.41, 5.74) is 5.00. The molecule has 0 aromatic carbocycles. The van der Waals surface area contributed by atoms with Gasteiger partial charge in [0.15, 0.2) is 0 Å². The van der Waals surface area contributed by atoms with Crippen molar-refractivity contribution in [3.63, 3.8) is 0 Å². The van der Waals surface area contributed by atoms with Crippen LogP contribution in [-0.2, 0) is 14.8 Å². The van der Waals surface area contributed by atoms with Crippen LogP contribution in [0.1, 0.15) is 13.8 Å². The summed E-state index contributed by atoms with van der Waals surface area (Å²) in [5, 5.41) is 9.23. The van der Waals surface area contributed by atoms with Crippen LogP contribution in [0.4, 0.5) is 0 Å². The van der Waals surface area contributed by atoms with Crippen molar-refractivity contribution >= 4 is 16.0 Å². The van der Waals surface area contributed by atoms with Crippen molar-refractivity contribution in [2.45, 2.75) is 25.4 Å². The zero-order valence-electron chi connectivity index (χ0n) is 11.0. The molecule has 1 aliphatic rings. The Labute approximate surface area is 108 Å². The predicted molar refractivity (Wildman–Crippen MR) is 67.7 cm³/mol. The van der Waals surface area contributed by atoms with E-state index in [1.165, 1.54) is 4.31 Å². The Hall–Kier alpha value is -0.700. The van der Waals surface area contributed by atoms with Gasteiger partial charge in [-0.15, -0.1) is 0 Å². The molecule has 1 heterocycles. The fourth-order valence-electron chi connectivity index (χ4n) is 2.24. The van der Waals surface area contributed by atoms with Crippen LogP contribution in [0.2, 0.25) is 0 Å². The van der Waals surface area contributed by atoms with Gasteiger partial charge in [-0.2, -0.15) is 4.31 Å². The van der Waals surface area contributed by atoms with Crippen LogP contribution in [0.15, 0.2) is 0 Å². The van der Waals surface area contributed by atoms with Gasteiger partial charge >= 0.3 is 5.97 Å². The van der Waals surface area contributed by atoms with Crippen molar-refractivity contribution in [3.05, 3.63) is 0 Å². The fraction of sp³-hybridized carbons (Fsp3) is 0.900. The van der Waals surface area contributed by atoms with Gasteiger partial charge in [-0.05, 0) is 13.8 Å². The number of aliphatic carboxylic acids is 1. The summed E-state index contributed by atoms with van der Waals surface area (Å²) in [5.74, 6) is -0.977. The molecule has 0 bridgehead atoms. The highest BCUT2D eigenvalue weighted by Gasteiger charge is 2.39. The first-order valence-corrected chi connectivity index (χ1v) is 7.59. The largest absolute Gasteiger partial charge is 0.480 e. The normalized spacial score (nSPS) is 21.8. The molecule has 1 atom stereocenters. The lowest BCUT2D eigenvalue weighted by molar-refractivity contribution is -0.146. The Morgan fingerprint density at radius 1 is 1.28 bits per heavy atom. The molecule has 8 heteroatoms. The molecule has 3 N–H and O–H groups in total. The number of rotatable bonds is 4. The second-order valence-electron chi connectivity index (χ2n) is 5.26. The minimum Gasteiger partial charge on any atom is -0.480 e. The molecule has 0 saturated carbocycles. The molecule has 1 saturated heterocycles. The summed E-state index contributed by atoms with van der Waals surface area (Å²) in [6.07, 6.45) is 1.16. The highest BCUT2D eigenvalue weighted by molar-refractivity contribution is 7.88. The first-order chi connectivity index (χ1) is 8.03. The van der Waals surface area contributed by atoms with Gasteiger partial charge in [0.2, 0.25) is 10.0 Å². The molecular weight excluding hydrogens is 258 g/mol. The summed E-state index contributed by atoms with van der Waals surface area (Å²) in [7, 11) is -3.20. The number of sulfonamides is 1.